The van der Waals surface area contributed by atoms with E-state index in [4.69, 9.17) is 23.7 Å². The maximum Gasteiger partial charge on any atom is 0.338 e. The first-order chi connectivity index (χ1) is 18.9. The molecule has 0 saturated heterocycles. The minimum atomic E-state index is -0.812. The largest absolute Gasteiger partial charge is 0.497 e. The number of thiazole rings is 1. The quantitative estimate of drug-likeness (QED) is 0.282. The van der Waals surface area contributed by atoms with Crippen LogP contribution in [0.2, 0.25) is 0 Å². The Bertz CT molecular complexity index is 1620. The Labute approximate surface area is 229 Å². The van der Waals surface area contributed by atoms with E-state index in [0.717, 1.165) is 5.56 Å². The lowest BCUT2D eigenvalue weighted by atomic mass is 9.95. The summed E-state index contributed by atoms with van der Waals surface area (Å²) in [6.45, 7) is 7.65. The molecule has 0 aliphatic carbocycles. The van der Waals surface area contributed by atoms with E-state index in [1.54, 1.807) is 70.6 Å². The zero-order chi connectivity index (χ0) is 28.1. The Morgan fingerprint density at radius 1 is 1.08 bits per heavy atom. The molecular formula is C29H30N2O7S. The van der Waals surface area contributed by atoms with E-state index < -0.39 is 12.0 Å². The Morgan fingerprint density at radius 2 is 1.85 bits per heavy atom. The Kier molecular flexibility index (Phi) is 8.55. The van der Waals surface area contributed by atoms with Crippen LogP contribution < -0.4 is 33.8 Å². The molecule has 2 aromatic carbocycles. The van der Waals surface area contributed by atoms with E-state index in [-0.39, 0.29) is 17.7 Å². The van der Waals surface area contributed by atoms with Crippen molar-refractivity contribution in [2.45, 2.75) is 19.9 Å². The first-order valence-corrected chi connectivity index (χ1v) is 13.0. The molecule has 3 aromatic rings. The van der Waals surface area contributed by atoms with E-state index in [9.17, 15) is 9.59 Å². The lowest BCUT2D eigenvalue weighted by Gasteiger charge is -2.26. The molecule has 0 amide bonds. The number of allylic oxidation sites excluding steroid dienone is 1. The third-order valence-electron chi connectivity index (χ3n) is 6.09. The fourth-order valence-electron chi connectivity index (χ4n) is 4.32. The van der Waals surface area contributed by atoms with E-state index in [1.807, 2.05) is 6.07 Å². The number of hydrogen-bond acceptors (Lipinski definition) is 9. The average molecular weight is 551 g/mol. The predicted octanol–water partition coefficient (Wildman–Crippen LogP) is 3.39. The van der Waals surface area contributed by atoms with Crippen LogP contribution in [0.3, 0.4) is 0 Å². The zero-order valence-corrected chi connectivity index (χ0v) is 23.3. The van der Waals surface area contributed by atoms with Crippen molar-refractivity contribution in [2.75, 3.05) is 34.5 Å². The predicted molar refractivity (Wildman–Crippen MR) is 149 cm³/mol. The minimum absolute atomic E-state index is 0.181. The van der Waals surface area contributed by atoms with Gasteiger partial charge in [-0.05, 0) is 49.8 Å². The van der Waals surface area contributed by atoms with E-state index >= 15 is 0 Å². The summed E-state index contributed by atoms with van der Waals surface area (Å²) in [5, 5.41) is 0. The highest BCUT2D eigenvalue weighted by molar-refractivity contribution is 7.07. The molecule has 10 heteroatoms. The summed E-state index contributed by atoms with van der Waals surface area (Å²) < 4.78 is 29.4. The van der Waals surface area contributed by atoms with Crippen molar-refractivity contribution < 1.29 is 28.5 Å². The van der Waals surface area contributed by atoms with Crippen LogP contribution in [-0.2, 0) is 9.53 Å². The lowest BCUT2D eigenvalue weighted by Crippen LogP contribution is -2.40. The van der Waals surface area contributed by atoms with Crippen LogP contribution in [0.1, 0.15) is 31.0 Å². The zero-order valence-electron chi connectivity index (χ0n) is 22.5. The van der Waals surface area contributed by atoms with Gasteiger partial charge in [0.05, 0.1) is 43.7 Å². The summed E-state index contributed by atoms with van der Waals surface area (Å²) >= 11 is 1.23. The lowest BCUT2D eigenvalue weighted by molar-refractivity contribution is -0.139. The van der Waals surface area contributed by atoms with Crippen LogP contribution in [0.4, 0.5) is 0 Å². The number of esters is 1. The second-order valence-corrected chi connectivity index (χ2v) is 9.43. The standard InChI is InChI=1S/C29H30N2O7S/c1-7-13-38-21-12-9-18(14-23(21)36-6)15-24-27(32)31-26(20-11-10-19(34-4)16-22(20)35-5)25(28(33)37-8-2)17(3)30-29(31)39-24/h7,9-12,14-16,26H,1,8,13H2,2-6H3/b24-15-/t26-/m1/s1. The summed E-state index contributed by atoms with van der Waals surface area (Å²) in [6, 6.07) is 9.84. The number of methoxy groups -OCH3 is 3. The van der Waals surface area contributed by atoms with Gasteiger partial charge in [-0.25, -0.2) is 9.79 Å². The molecule has 0 fully saturated rings. The number of hydrogen-bond donors (Lipinski definition) is 0. The van der Waals surface area contributed by atoms with Gasteiger partial charge >= 0.3 is 5.97 Å². The summed E-state index contributed by atoms with van der Waals surface area (Å²) in [4.78, 5) is 32.1. The van der Waals surface area contributed by atoms with Gasteiger partial charge in [-0.2, -0.15) is 0 Å². The molecule has 0 N–H and O–H groups in total. The molecule has 39 heavy (non-hydrogen) atoms. The molecule has 9 nitrogen and oxygen atoms in total. The Morgan fingerprint density at radius 3 is 2.51 bits per heavy atom. The summed E-state index contributed by atoms with van der Waals surface area (Å²) in [7, 11) is 4.63. The van der Waals surface area contributed by atoms with Gasteiger partial charge in [0.15, 0.2) is 16.3 Å². The molecule has 1 atom stereocenters. The van der Waals surface area contributed by atoms with Gasteiger partial charge < -0.3 is 23.7 Å². The maximum atomic E-state index is 13.9. The third-order valence-corrected chi connectivity index (χ3v) is 7.08. The maximum absolute atomic E-state index is 13.9. The SMILES string of the molecule is C=CCOc1ccc(/C=c2\sc3n(c2=O)[C@H](c2ccc(OC)cc2OC)C(C(=O)OCC)=C(C)N=3)cc1OC. The first-order valence-electron chi connectivity index (χ1n) is 12.2. The molecule has 0 unspecified atom stereocenters. The second-order valence-electron chi connectivity index (χ2n) is 8.42. The summed E-state index contributed by atoms with van der Waals surface area (Å²) in [5.41, 5.74) is 1.78. The highest BCUT2D eigenvalue weighted by atomic mass is 32.1. The van der Waals surface area contributed by atoms with Gasteiger partial charge in [-0.1, -0.05) is 30.1 Å². The van der Waals surface area contributed by atoms with Crippen molar-refractivity contribution >= 4 is 23.4 Å². The number of aromatic nitrogens is 1. The fourth-order valence-corrected chi connectivity index (χ4v) is 5.37. The number of carbonyl (C=O) groups excluding carboxylic acids is 1. The number of carbonyl (C=O) groups is 1. The summed E-state index contributed by atoms with van der Waals surface area (Å²) in [5.74, 6) is 1.59. The molecule has 2 heterocycles. The van der Waals surface area contributed by atoms with E-state index in [0.29, 0.717) is 50.2 Å². The van der Waals surface area contributed by atoms with Gasteiger partial charge in [0.25, 0.3) is 5.56 Å². The minimum Gasteiger partial charge on any atom is -0.497 e. The van der Waals surface area contributed by atoms with Gasteiger partial charge in [0.2, 0.25) is 0 Å². The van der Waals surface area contributed by atoms with Crippen LogP contribution in [0, 0.1) is 0 Å². The normalized spacial score (nSPS) is 14.8. The van der Waals surface area contributed by atoms with Crippen molar-refractivity contribution in [3.05, 3.63) is 91.1 Å². The molecular weight excluding hydrogens is 520 g/mol. The summed E-state index contributed by atoms with van der Waals surface area (Å²) in [6.07, 6.45) is 3.41. The Balaban J connectivity index is 1.92. The van der Waals surface area contributed by atoms with Gasteiger partial charge in [-0.15, -0.1) is 0 Å². The van der Waals surface area contributed by atoms with Crippen LogP contribution >= 0.6 is 11.3 Å². The van der Waals surface area contributed by atoms with E-state index in [1.165, 1.54) is 23.0 Å². The molecule has 1 aliphatic rings. The molecule has 0 saturated carbocycles. The Hall–Kier alpha value is -4.31. The number of nitrogens with zero attached hydrogens (tertiary/aromatic N) is 2. The first kappa shape index (κ1) is 27.7. The number of rotatable bonds is 10. The van der Waals surface area contributed by atoms with E-state index in [2.05, 4.69) is 11.6 Å². The van der Waals surface area contributed by atoms with Crippen molar-refractivity contribution in [3.63, 3.8) is 0 Å². The average Bonchev–Trinajstić information content (AvgIpc) is 3.24. The van der Waals surface area contributed by atoms with Crippen molar-refractivity contribution in [3.8, 4) is 23.0 Å². The number of benzene rings is 2. The van der Waals surface area contributed by atoms with Gasteiger partial charge in [0.1, 0.15) is 24.1 Å². The van der Waals surface area contributed by atoms with Crippen molar-refractivity contribution in [1.29, 1.82) is 0 Å². The highest BCUT2D eigenvalue weighted by Gasteiger charge is 2.35. The molecule has 0 bridgehead atoms. The molecule has 204 valence electrons. The topological polar surface area (TPSA) is 97.6 Å². The highest BCUT2D eigenvalue weighted by Crippen LogP contribution is 2.37. The van der Waals surface area contributed by atoms with Crippen LogP contribution in [0.15, 0.2) is 70.1 Å². The molecule has 1 aliphatic heterocycles. The van der Waals surface area contributed by atoms with Gasteiger partial charge in [-0.3, -0.25) is 9.36 Å². The third kappa shape index (κ3) is 5.46. The molecule has 0 spiro atoms. The van der Waals surface area contributed by atoms with Gasteiger partial charge in [0, 0.05) is 11.6 Å². The van der Waals surface area contributed by atoms with Crippen LogP contribution in [0.25, 0.3) is 6.08 Å². The second kappa shape index (κ2) is 12.0. The van der Waals surface area contributed by atoms with Crippen molar-refractivity contribution in [2.24, 2.45) is 4.99 Å². The number of fused-ring (bicyclic) bond motifs is 1. The smallest absolute Gasteiger partial charge is 0.338 e. The van der Waals surface area contributed by atoms with Crippen LogP contribution in [-0.4, -0.2) is 45.1 Å². The monoisotopic (exact) mass is 550 g/mol. The molecule has 0 radical (unpaired) electrons. The van der Waals surface area contributed by atoms with Crippen LogP contribution in [0.5, 0.6) is 23.0 Å². The van der Waals surface area contributed by atoms with Crippen molar-refractivity contribution in [1.82, 2.24) is 4.57 Å². The fraction of sp³-hybridized carbons (Fsp3) is 0.276. The number of ether oxygens (including phenoxy) is 5. The molecule has 4 rings (SSSR count). The molecule has 1 aromatic heterocycles.